The number of carbonyl (C=O) groups is 2. The Hall–Kier alpha value is -1.97. The minimum atomic E-state index is -1.23. The number of aromatic nitrogens is 1. The lowest BCUT2D eigenvalue weighted by Gasteiger charge is -1.96. The second-order valence-electron chi connectivity index (χ2n) is 2.67. The third-order valence-corrected chi connectivity index (χ3v) is 1.59. The molecule has 0 radical (unpaired) electrons. The smallest absolute Gasteiger partial charge is 0.339 e. The molecule has 1 N–H and O–H groups in total. The van der Waals surface area contributed by atoms with Crippen molar-refractivity contribution in [3.63, 3.8) is 0 Å². The van der Waals surface area contributed by atoms with E-state index in [2.05, 4.69) is 4.98 Å². The van der Waals surface area contributed by atoms with E-state index < -0.39 is 11.8 Å². The minimum Gasteiger partial charge on any atom is -0.478 e. The molecule has 4 heteroatoms. The Balaban J connectivity index is 3.06. The lowest BCUT2D eigenvalue weighted by molar-refractivity contribution is -0.134. The highest BCUT2D eigenvalue weighted by molar-refractivity contribution is 6.18. The van der Waals surface area contributed by atoms with Gasteiger partial charge in [0.05, 0.1) is 5.69 Å². The predicted molar refractivity (Wildman–Crippen MR) is 50.5 cm³/mol. The van der Waals surface area contributed by atoms with Crippen molar-refractivity contribution in [2.24, 2.45) is 0 Å². The molecular formula is C10H9NO3. The molecule has 0 unspecified atom stereocenters. The number of aliphatic carboxylic acids is 1. The van der Waals surface area contributed by atoms with Crippen LogP contribution >= 0.6 is 0 Å². The van der Waals surface area contributed by atoms with Crippen LogP contribution in [0, 0.1) is 0 Å². The standard InChI is InChI=1S/C10H9NO3/c1-7(12)9(10(13)14)6-8-4-2-3-5-11-8/h2-6H,1H3,(H,13,14). The van der Waals surface area contributed by atoms with E-state index in [0.717, 1.165) is 0 Å². The fourth-order valence-electron chi connectivity index (χ4n) is 0.923. The first-order chi connectivity index (χ1) is 6.61. The Morgan fingerprint density at radius 1 is 1.43 bits per heavy atom. The predicted octanol–water partition coefficient (Wildman–Crippen LogP) is 1.14. The molecule has 14 heavy (non-hydrogen) atoms. The van der Waals surface area contributed by atoms with Crippen LogP contribution in [0.25, 0.3) is 6.08 Å². The second-order valence-corrected chi connectivity index (χ2v) is 2.67. The SMILES string of the molecule is CC(=O)C(=Cc1ccccn1)C(=O)O. The monoisotopic (exact) mass is 191 g/mol. The molecule has 0 aromatic carbocycles. The zero-order chi connectivity index (χ0) is 10.6. The number of carbonyl (C=O) groups excluding carboxylic acids is 1. The van der Waals surface area contributed by atoms with E-state index >= 15 is 0 Å². The van der Waals surface area contributed by atoms with E-state index in [1.807, 2.05) is 0 Å². The molecule has 0 aliphatic carbocycles. The molecule has 0 saturated heterocycles. The highest BCUT2D eigenvalue weighted by atomic mass is 16.4. The molecule has 0 atom stereocenters. The van der Waals surface area contributed by atoms with Crippen LogP contribution in [0.5, 0.6) is 0 Å². The third kappa shape index (κ3) is 2.52. The van der Waals surface area contributed by atoms with Crippen molar-refractivity contribution in [1.82, 2.24) is 4.98 Å². The van der Waals surface area contributed by atoms with Crippen molar-refractivity contribution in [2.45, 2.75) is 6.92 Å². The molecule has 4 nitrogen and oxygen atoms in total. The van der Waals surface area contributed by atoms with Crippen LogP contribution in [-0.4, -0.2) is 21.8 Å². The van der Waals surface area contributed by atoms with E-state index in [1.165, 1.54) is 19.2 Å². The van der Waals surface area contributed by atoms with Gasteiger partial charge in [-0.1, -0.05) is 6.07 Å². The van der Waals surface area contributed by atoms with Crippen molar-refractivity contribution >= 4 is 17.8 Å². The number of carboxylic acids is 1. The summed E-state index contributed by atoms with van der Waals surface area (Å²) in [5.41, 5.74) is 0.198. The molecule has 1 aromatic rings. The number of pyridine rings is 1. The summed E-state index contributed by atoms with van der Waals surface area (Å²) in [6.45, 7) is 1.21. The van der Waals surface area contributed by atoms with Gasteiger partial charge in [0, 0.05) is 6.20 Å². The largest absolute Gasteiger partial charge is 0.478 e. The van der Waals surface area contributed by atoms with E-state index in [9.17, 15) is 9.59 Å². The van der Waals surface area contributed by atoms with Crippen molar-refractivity contribution in [2.75, 3.05) is 0 Å². The molecule has 0 aliphatic rings. The van der Waals surface area contributed by atoms with Crippen LogP contribution in [0.4, 0.5) is 0 Å². The fraction of sp³-hybridized carbons (Fsp3) is 0.100. The van der Waals surface area contributed by atoms with Crippen LogP contribution in [-0.2, 0) is 9.59 Å². The third-order valence-electron chi connectivity index (χ3n) is 1.59. The number of ketones is 1. The van der Waals surface area contributed by atoms with Crippen LogP contribution < -0.4 is 0 Å². The highest BCUT2D eigenvalue weighted by Crippen LogP contribution is 2.04. The summed E-state index contributed by atoms with van der Waals surface area (Å²) in [4.78, 5) is 25.4. The average Bonchev–Trinajstić information content (AvgIpc) is 2.15. The summed E-state index contributed by atoms with van der Waals surface area (Å²) in [7, 11) is 0. The summed E-state index contributed by atoms with van der Waals surface area (Å²) in [5.74, 6) is -1.72. The Morgan fingerprint density at radius 3 is 2.57 bits per heavy atom. The van der Waals surface area contributed by atoms with Crippen LogP contribution in [0.15, 0.2) is 30.0 Å². The molecule has 0 bridgehead atoms. The summed E-state index contributed by atoms with van der Waals surface area (Å²) in [6.07, 6.45) is 2.79. The zero-order valence-electron chi connectivity index (χ0n) is 7.60. The molecule has 72 valence electrons. The summed E-state index contributed by atoms with van der Waals surface area (Å²) >= 11 is 0. The van der Waals surface area contributed by atoms with E-state index in [1.54, 1.807) is 18.2 Å². The van der Waals surface area contributed by atoms with Gasteiger partial charge in [0.25, 0.3) is 0 Å². The van der Waals surface area contributed by atoms with E-state index in [0.29, 0.717) is 5.69 Å². The first kappa shape index (κ1) is 10.1. The molecule has 1 rings (SSSR count). The Bertz CT molecular complexity index is 366. The van der Waals surface area contributed by atoms with Crippen LogP contribution in [0.1, 0.15) is 12.6 Å². The summed E-state index contributed by atoms with van der Waals surface area (Å²) < 4.78 is 0. The molecule has 1 aromatic heterocycles. The van der Waals surface area contributed by atoms with E-state index in [4.69, 9.17) is 5.11 Å². The number of nitrogens with zero attached hydrogens (tertiary/aromatic N) is 1. The number of Topliss-reactive ketones (excluding diaryl/α,β-unsaturated/α-hetero) is 1. The zero-order valence-corrected chi connectivity index (χ0v) is 7.60. The highest BCUT2D eigenvalue weighted by Gasteiger charge is 2.12. The number of hydrogen-bond donors (Lipinski definition) is 1. The maximum Gasteiger partial charge on any atom is 0.339 e. The topological polar surface area (TPSA) is 67.3 Å². The van der Waals surface area contributed by atoms with Gasteiger partial charge in [-0.2, -0.15) is 0 Å². The molecule has 0 aliphatic heterocycles. The van der Waals surface area contributed by atoms with E-state index in [-0.39, 0.29) is 5.57 Å². The minimum absolute atomic E-state index is 0.260. The van der Waals surface area contributed by atoms with Crippen molar-refractivity contribution in [3.8, 4) is 0 Å². The Morgan fingerprint density at radius 2 is 2.14 bits per heavy atom. The molecule has 0 fully saturated rings. The lowest BCUT2D eigenvalue weighted by atomic mass is 10.1. The lowest BCUT2D eigenvalue weighted by Crippen LogP contribution is -2.08. The van der Waals surface area contributed by atoms with Gasteiger partial charge < -0.3 is 5.11 Å². The van der Waals surface area contributed by atoms with Gasteiger partial charge in [0.15, 0.2) is 5.78 Å². The fourth-order valence-corrected chi connectivity index (χ4v) is 0.923. The first-order valence-electron chi connectivity index (χ1n) is 3.98. The van der Waals surface area contributed by atoms with Gasteiger partial charge in [0.2, 0.25) is 0 Å². The summed E-state index contributed by atoms with van der Waals surface area (Å²) in [5, 5.41) is 8.69. The Labute approximate surface area is 80.9 Å². The number of rotatable bonds is 3. The van der Waals surface area contributed by atoms with Gasteiger partial charge in [-0.3, -0.25) is 9.78 Å². The maximum atomic E-state index is 10.9. The molecule has 0 saturated carbocycles. The van der Waals surface area contributed by atoms with Gasteiger partial charge in [-0.25, -0.2) is 4.79 Å². The molecular weight excluding hydrogens is 182 g/mol. The van der Waals surface area contributed by atoms with Crippen molar-refractivity contribution in [1.29, 1.82) is 0 Å². The van der Waals surface area contributed by atoms with Gasteiger partial charge in [0.1, 0.15) is 5.57 Å². The molecule has 0 spiro atoms. The average molecular weight is 191 g/mol. The number of carboxylic acid groups (broad SMARTS) is 1. The van der Waals surface area contributed by atoms with Crippen LogP contribution in [0.2, 0.25) is 0 Å². The van der Waals surface area contributed by atoms with Crippen molar-refractivity contribution < 1.29 is 14.7 Å². The van der Waals surface area contributed by atoms with Crippen LogP contribution in [0.3, 0.4) is 0 Å². The molecule has 1 heterocycles. The summed E-state index contributed by atoms with van der Waals surface area (Å²) in [6, 6.07) is 5.07. The maximum absolute atomic E-state index is 10.9. The van der Waals surface area contributed by atoms with Gasteiger partial charge >= 0.3 is 5.97 Å². The second kappa shape index (κ2) is 4.32. The molecule has 0 amide bonds. The quantitative estimate of drug-likeness (QED) is 0.442. The van der Waals surface area contributed by atoms with Gasteiger partial charge in [-0.05, 0) is 25.1 Å². The van der Waals surface area contributed by atoms with Gasteiger partial charge in [-0.15, -0.1) is 0 Å². The normalized spacial score (nSPS) is 11.1. The Kier molecular flexibility index (Phi) is 3.12. The van der Waals surface area contributed by atoms with Crippen molar-refractivity contribution in [3.05, 3.63) is 35.7 Å². The number of hydrogen-bond acceptors (Lipinski definition) is 3. The first-order valence-corrected chi connectivity index (χ1v) is 3.98.